The molecule has 1 saturated carbocycles. The average Bonchev–Trinajstić information content (AvgIpc) is 3.66. The second-order valence-corrected chi connectivity index (χ2v) is 9.69. The Balaban J connectivity index is 1.25. The van der Waals surface area contributed by atoms with Crippen LogP contribution >= 0.6 is 0 Å². The Kier molecular flexibility index (Phi) is 5.64. The van der Waals surface area contributed by atoms with E-state index in [0.717, 1.165) is 32.1 Å². The predicted octanol–water partition coefficient (Wildman–Crippen LogP) is 3.39. The fraction of sp³-hybridized carbons (Fsp3) is 0.423. The number of halogens is 1. The van der Waals surface area contributed by atoms with E-state index >= 15 is 4.39 Å². The van der Waals surface area contributed by atoms with Crippen molar-refractivity contribution in [1.29, 1.82) is 5.26 Å². The van der Waals surface area contributed by atoms with E-state index in [9.17, 15) is 5.11 Å². The number of hydrogen-bond donors (Lipinski definition) is 2. The van der Waals surface area contributed by atoms with Gasteiger partial charge in [0.1, 0.15) is 18.0 Å². The third kappa shape index (κ3) is 3.99. The zero-order chi connectivity index (χ0) is 24.8. The van der Waals surface area contributed by atoms with Crippen molar-refractivity contribution in [1.82, 2.24) is 25.5 Å². The summed E-state index contributed by atoms with van der Waals surface area (Å²) in [6.45, 7) is 0. The summed E-state index contributed by atoms with van der Waals surface area (Å²) in [5.74, 6) is 1.22. The summed E-state index contributed by atoms with van der Waals surface area (Å²) in [7, 11) is 1.48. The SMILES string of the molecule is COc1cc(-c2ccc(-c3ncc(N(C4CC4)[C@@H]4C[C@@H]5CC[C@H](N5)[C@@H]4F)nn3)c(O)c2)cnc1C#N. The lowest BCUT2D eigenvalue weighted by Gasteiger charge is -2.40. The molecule has 2 saturated heterocycles. The summed E-state index contributed by atoms with van der Waals surface area (Å²) >= 11 is 0. The number of fused-ring (bicyclic) bond motifs is 2. The molecule has 4 heterocycles. The molecule has 184 valence electrons. The lowest BCUT2D eigenvalue weighted by atomic mass is 9.96. The Hall–Kier alpha value is -3.84. The highest BCUT2D eigenvalue weighted by Gasteiger charge is 2.48. The monoisotopic (exact) mass is 487 g/mol. The van der Waals surface area contributed by atoms with Crippen LogP contribution in [0, 0.1) is 11.3 Å². The molecule has 9 nitrogen and oxygen atoms in total. The number of rotatable bonds is 6. The average molecular weight is 488 g/mol. The van der Waals surface area contributed by atoms with Gasteiger partial charge in [0.15, 0.2) is 23.1 Å². The van der Waals surface area contributed by atoms with E-state index in [-0.39, 0.29) is 35.4 Å². The zero-order valence-electron chi connectivity index (χ0n) is 19.8. The lowest BCUT2D eigenvalue weighted by molar-refractivity contribution is 0.171. The van der Waals surface area contributed by atoms with Crippen LogP contribution in [0.3, 0.4) is 0 Å². The molecule has 0 amide bonds. The topological polar surface area (TPSA) is 120 Å². The van der Waals surface area contributed by atoms with E-state index in [1.807, 2.05) is 12.1 Å². The number of hydrogen-bond acceptors (Lipinski definition) is 9. The number of piperidine rings is 1. The van der Waals surface area contributed by atoms with Crippen LogP contribution in [0.4, 0.5) is 10.2 Å². The van der Waals surface area contributed by atoms with Crippen LogP contribution in [0.25, 0.3) is 22.5 Å². The smallest absolute Gasteiger partial charge is 0.185 e. The van der Waals surface area contributed by atoms with Gasteiger partial charge in [0.25, 0.3) is 0 Å². The van der Waals surface area contributed by atoms with E-state index in [1.54, 1.807) is 30.6 Å². The molecule has 1 aromatic carbocycles. The number of nitrogens with zero attached hydrogens (tertiary/aromatic N) is 6. The summed E-state index contributed by atoms with van der Waals surface area (Å²) in [4.78, 5) is 10.7. The van der Waals surface area contributed by atoms with Gasteiger partial charge in [-0.25, -0.2) is 14.4 Å². The van der Waals surface area contributed by atoms with Crippen LogP contribution in [-0.4, -0.2) is 62.7 Å². The number of aromatic nitrogens is 4. The van der Waals surface area contributed by atoms with Gasteiger partial charge in [-0.1, -0.05) is 6.07 Å². The van der Waals surface area contributed by atoms with E-state index in [2.05, 4.69) is 30.4 Å². The number of alkyl halides is 1. The number of aromatic hydroxyl groups is 1. The summed E-state index contributed by atoms with van der Waals surface area (Å²) in [5, 5.41) is 32.0. The van der Waals surface area contributed by atoms with Crippen molar-refractivity contribution in [3.8, 4) is 40.1 Å². The molecular formula is C26H26FN7O2. The lowest BCUT2D eigenvalue weighted by Crippen LogP contribution is -2.57. The van der Waals surface area contributed by atoms with Gasteiger partial charge in [-0.05, 0) is 55.9 Å². The number of phenolic OH excluding ortho intramolecular Hbond substituents is 1. The first-order valence-electron chi connectivity index (χ1n) is 12.2. The predicted molar refractivity (Wildman–Crippen MR) is 130 cm³/mol. The third-order valence-corrected chi connectivity index (χ3v) is 7.42. The molecule has 36 heavy (non-hydrogen) atoms. The Bertz CT molecular complexity index is 1320. The van der Waals surface area contributed by atoms with Gasteiger partial charge in [-0.15, -0.1) is 10.2 Å². The van der Waals surface area contributed by atoms with Crippen molar-refractivity contribution in [2.24, 2.45) is 0 Å². The molecule has 2 N–H and O–H groups in total. The van der Waals surface area contributed by atoms with Gasteiger partial charge in [-0.3, -0.25) is 0 Å². The summed E-state index contributed by atoms with van der Waals surface area (Å²) < 4.78 is 20.5. The van der Waals surface area contributed by atoms with E-state index in [4.69, 9.17) is 10.00 Å². The van der Waals surface area contributed by atoms with Crippen molar-refractivity contribution >= 4 is 5.82 Å². The summed E-state index contributed by atoms with van der Waals surface area (Å²) in [5.41, 5.74) is 2.02. The van der Waals surface area contributed by atoms with Crippen LogP contribution in [-0.2, 0) is 0 Å². The second kappa shape index (κ2) is 8.99. The molecule has 0 radical (unpaired) electrons. The van der Waals surface area contributed by atoms with Crippen molar-refractivity contribution in [3.05, 3.63) is 42.4 Å². The van der Waals surface area contributed by atoms with Gasteiger partial charge in [0.05, 0.1) is 24.9 Å². The number of pyridine rings is 1. The maximum absolute atomic E-state index is 15.3. The van der Waals surface area contributed by atoms with Gasteiger partial charge in [-0.2, -0.15) is 5.26 Å². The van der Waals surface area contributed by atoms with Gasteiger partial charge in [0.2, 0.25) is 0 Å². The molecule has 10 heteroatoms. The number of benzene rings is 1. The first-order valence-corrected chi connectivity index (χ1v) is 12.2. The van der Waals surface area contributed by atoms with Crippen molar-refractivity contribution in [2.45, 2.75) is 62.4 Å². The largest absolute Gasteiger partial charge is 0.507 e. The summed E-state index contributed by atoms with van der Waals surface area (Å²) in [6.07, 6.45) is 6.94. The third-order valence-electron chi connectivity index (χ3n) is 7.42. The molecule has 3 aliphatic rings. The maximum Gasteiger partial charge on any atom is 0.185 e. The number of ether oxygens (including phenoxy) is 1. The molecular weight excluding hydrogens is 461 g/mol. The van der Waals surface area contributed by atoms with E-state index in [1.165, 1.54) is 7.11 Å². The van der Waals surface area contributed by atoms with Gasteiger partial charge >= 0.3 is 0 Å². The highest BCUT2D eigenvalue weighted by Crippen LogP contribution is 2.40. The van der Waals surface area contributed by atoms with Crippen LogP contribution in [0.1, 0.15) is 37.8 Å². The van der Waals surface area contributed by atoms with Crippen molar-refractivity contribution < 1.29 is 14.2 Å². The fourth-order valence-electron chi connectivity index (χ4n) is 5.48. The van der Waals surface area contributed by atoms with Crippen LogP contribution in [0.15, 0.2) is 36.7 Å². The molecule has 2 aliphatic heterocycles. The molecule has 2 bridgehead atoms. The Morgan fingerprint density at radius 3 is 2.67 bits per heavy atom. The highest BCUT2D eigenvalue weighted by atomic mass is 19.1. The quantitative estimate of drug-likeness (QED) is 0.539. The number of phenols is 1. The van der Waals surface area contributed by atoms with Crippen LogP contribution < -0.4 is 15.0 Å². The van der Waals surface area contributed by atoms with Crippen molar-refractivity contribution in [3.63, 3.8) is 0 Å². The van der Waals surface area contributed by atoms with Crippen molar-refractivity contribution in [2.75, 3.05) is 12.0 Å². The standard InChI is InChI=1S/C26H26FN7O2/c1-36-23-9-15(12-29-20(23)11-28)14-2-6-18(22(35)8-14)26-30-13-24(32-33-26)34(17-4-5-17)21-10-16-3-7-19(31-16)25(21)27/h2,6,8-9,12-13,16-17,19,21,25,31,35H,3-5,7,10H2,1H3/t16-,19-,21+,25-/m0/s1. The Morgan fingerprint density at radius 1 is 1.11 bits per heavy atom. The molecule has 0 spiro atoms. The van der Waals surface area contributed by atoms with E-state index in [0.29, 0.717) is 34.3 Å². The fourth-order valence-corrected chi connectivity index (χ4v) is 5.48. The first kappa shape index (κ1) is 22.6. The second-order valence-electron chi connectivity index (χ2n) is 9.69. The molecule has 6 rings (SSSR count). The van der Waals surface area contributed by atoms with Crippen LogP contribution in [0.5, 0.6) is 11.5 Å². The van der Waals surface area contributed by atoms with Crippen LogP contribution in [0.2, 0.25) is 0 Å². The minimum Gasteiger partial charge on any atom is -0.507 e. The highest BCUT2D eigenvalue weighted by molar-refractivity contribution is 5.73. The zero-order valence-corrected chi connectivity index (χ0v) is 19.8. The number of methoxy groups -OCH3 is 1. The normalized spacial score (nSPS) is 24.8. The minimum absolute atomic E-state index is 0.0109. The molecule has 1 aliphatic carbocycles. The maximum atomic E-state index is 15.3. The Labute approximate surface area is 208 Å². The molecule has 4 atom stereocenters. The molecule has 0 unspecified atom stereocenters. The van der Waals surface area contributed by atoms with Gasteiger partial charge < -0.3 is 20.1 Å². The molecule has 3 fully saturated rings. The number of anilines is 1. The van der Waals surface area contributed by atoms with Gasteiger partial charge in [0, 0.05) is 29.9 Å². The number of nitriles is 1. The van der Waals surface area contributed by atoms with E-state index < -0.39 is 6.17 Å². The number of nitrogens with one attached hydrogen (secondary N) is 1. The first-order chi connectivity index (χ1) is 17.6. The Morgan fingerprint density at radius 2 is 1.97 bits per heavy atom. The minimum atomic E-state index is -0.947. The molecule has 2 aromatic heterocycles. The summed E-state index contributed by atoms with van der Waals surface area (Å²) in [6, 6.07) is 9.12. The molecule has 3 aromatic rings.